The fourth-order valence-corrected chi connectivity index (χ4v) is 3.13. The number of anilines is 1. The first-order valence-electron chi connectivity index (χ1n) is 8.41. The number of nitrogen functional groups attached to an aromatic ring is 1. The van der Waals surface area contributed by atoms with Crippen molar-refractivity contribution in [2.75, 3.05) is 5.73 Å². The third kappa shape index (κ3) is 4.03. The summed E-state index contributed by atoms with van der Waals surface area (Å²) in [6.45, 7) is 0. The van der Waals surface area contributed by atoms with Crippen LogP contribution in [0, 0.1) is 5.82 Å². The fraction of sp³-hybridized carbons (Fsp3) is 0.105. The van der Waals surface area contributed by atoms with Gasteiger partial charge in [-0.3, -0.25) is 0 Å². The predicted octanol–water partition coefficient (Wildman–Crippen LogP) is 4.88. The average molecular weight is 434 g/mol. The maximum Gasteiger partial charge on any atom is 0.283 e. The van der Waals surface area contributed by atoms with Gasteiger partial charge in [0.05, 0.1) is 11.4 Å². The summed E-state index contributed by atoms with van der Waals surface area (Å²) in [5, 5.41) is 8.39. The second-order valence-electron chi connectivity index (χ2n) is 6.21. The maximum atomic E-state index is 15.1. The van der Waals surface area contributed by atoms with Crippen LogP contribution in [0.25, 0.3) is 11.7 Å². The summed E-state index contributed by atoms with van der Waals surface area (Å²) in [5.74, 6) is 0.461. The topological polar surface area (TPSA) is 92.0 Å². The molecule has 2 aromatic carbocycles. The lowest BCUT2D eigenvalue weighted by molar-refractivity contribution is 0.437. The minimum absolute atomic E-state index is 0.0501. The molecule has 0 bridgehead atoms. The van der Waals surface area contributed by atoms with Gasteiger partial charge < -0.3 is 19.5 Å². The molecule has 0 unspecified atom stereocenters. The summed E-state index contributed by atoms with van der Waals surface area (Å²) < 4.78 is 28.0. The van der Waals surface area contributed by atoms with Crippen molar-refractivity contribution in [2.24, 2.45) is 7.05 Å². The van der Waals surface area contributed by atoms with Crippen molar-refractivity contribution in [3.8, 4) is 23.2 Å². The number of aromatic nitrogens is 4. The molecule has 2 N–H and O–H groups in total. The third-order valence-electron chi connectivity index (χ3n) is 4.06. The molecule has 0 spiro atoms. The molecule has 10 heteroatoms. The van der Waals surface area contributed by atoms with Gasteiger partial charge >= 0.3 is 0 Å². The molecule has 4 rings (SSSR count). The number of rotatable bonds is 5. The van der Waals surface area contributed by atoms with E-state index in [1.54, 1.807) is 30.1 Å². The zero-order valence-corrected chi connectivity index (χ0v) is 16.6. The summed E-state index contributed by atoms with van der Waals surface area (Å²) >= 11 is 12.1. The highest BCUT2D eigenvalue weighted by molar-refractivity contribution is 6.32. The fourth-order valence-electron chi connectivity index (χ4n) is 2.71. The first-order valence-corrected chi connectivity index (χ1v) is 9.17. The van der Waals surface area contributed by atoms with Crippen LogP contribution < -0.4 is 10.5 Å². The van der Waals surface area contributed by atoms with Crippen LogP contribution in [0.2, 0.25) is 10.0 Å². The zero-order chi connectivity index (χ0) is 20.5. The number of benzene rings is 2. The van der Waals surface area contributed by atoms with Crippen molar-refractivity contribution in [3.63, 3.8) is 0 Å². The molecule has 7 nitrogen and oxygen atoms in total. The summed E-state index contributed by atoms with van der Waals surface area (Å²) in [7, 11) is 1.80. The lowest BCUT2D eigenvalue weighted by Gasteiger charge is -2.12. The van der Waals surface area contributed by atoms with Gasteiger partial charge in [0.1, 0.15) is 5.75 Å². The van der Waals surface area contributed by atoms with Gasteiger partial charge in [-0.1, -0.05) is 29.3 Å². The van der Waals surface area contributed by atoms with E-state index in [2.05, 4.69) is 15.2 Å². The Morgan fingerprint density at radius 1 is 1.21 bits per heavy atom. The molecule has 0 radical (unpaired) electrons. The van der Waals surface area contributed by atoms with Crippen LogP contribution in [0.15, 0.2) is 47.1 Å². The quantitative estimate of drug-likeness (QED) is 0.450. The molecule has 0 atom stereocenters. The summed E-state index contributed by atoms with van der Waals surface area (Å²) in [4.78, 5) is 4.14. The molecule has 148 valence electrons. The molecular formula is C19H14Cl2FN5O2. The minimum Gasteiger partial charge on any atom is -0.453 e. The van der Waals surface area contributed by atoms with Crippen LogP contribution in [0.4, 0.5) is 10.1 Å². The van der Waals surface area contributed by atoms with E-state index in [1.807, 2.05) is 0 Å². The molecule has 0 fully saturated rings. The van der Waals surface area contributed by atoms with Crippen LogP contribution in [0.1, 0.15) is 11.5 Å². The van der Waals surface area contributed by atoms with Gasteiger partial charge in [-0.2, -0.15) is 0 Å². The first kappa shape index (κ1) is 19.2. The van der Waals surface area contributed by atoms with E-state index < -0.39 is 5.82 Å². The Hall–Kier alpha value is -3.10. The summed E-state index contributed by atoms with van der Waals surface area (Å²) in [6, 6.07) is 7.64. The van der Waals surface area contributed by atoms with E-state index in [9.17, 15) is 0 Å². The summed E-state index contributed by atoms with van der Waals surface area (Å²) in [5.41, 5.74) is 6.40. The average Bonchev–Trinajstić information content (AvgIpc) is 3.29. The first-order chi connectivity index (χ1) is 13.9. The minimum atomic E-state index is -0.646. The SMILES string of the molecule is Cn1ccnc1-c1nnc(Cc2ccc(Cl)c(Oc3cc(N)cc(Cl)c3)c2F)o1. The van der Waals surface area contributed by atoms with E-state index in [-0.39, 0.29) is 40.3 Å². The van der Waals surface area contributed by atoms with Gasteiger partial charge in [-0.25, -0.2) is 9.37 Å². The normalized spacial score (nSPS) is 11.0. The Labute approximate surface area is 174 Å². The number of nitrogens with zero attached hydrogens (tertiary/aromatic N) is 4. The van der Waals surface area contributed by atoms with Gasteiger partial charge in [-0.15, -0.1) is 10.2 Å². The van der Waals surface area contributed by atoms with Crippen molar-refractivity contribution < 1.29 is 13.5 Å². The van der Waals surface area contributed by atoms with E-state index >= 15 is 4.39 Å². The second-order valence-corrected chi connectivity index (χ2v) is 7.06. The number of halogens is 3. The highest BCUT2D eigenvalue weighted by Crippen LogP contribution is 2.36. The molecule has 0 aliphatic heterocycles. The van der Waals surface area contributed by atoms with Crippen molar-refractivity contribution in [1.82, 2.24) is 19.7 Å². The number of hydrogen-bond acceptors (Lipinski definition) is 6. The number of aryl methyl sites for hydroxylation is 1. The largest absolute Gasteiger partial charge is 0.453 e. The van der Waals surface area contributed by atoms with Crippen LogP contribution in [0.5, 0.6) is 11.5 Å². The maximum absolute atomic E-state index is 15.1. The highest BCUT2D eigenvalue weighted by atomic mass is 35.5. The molecule has 2 aromatic heterocycles. The van der Waals surface area contributed by atoms with Crippen molar-refractivity contribution >= 4 is 28.9 Å². The predicted molar refractivity (Wildman–Crippen MR) is 107 cm³/mol. The molecule has 4 aromatic rings. The summed E-state index contributed by atoms with van der Waals surface area (Å²) in [6.07, 6.45) is 3.42. The van der Waals surface area contributed by atoms with Crippen molar-refractivity contribution in [2.45, 2.75) is 6.42 Å². The molecule has 2 heterocycles. The van der Waals surface area contributed by atoms with E-state index in [4.69, 9.17) is 38.1 Å². The van der Waals surface area contributed by atoms with Crippen LogP contribution >= 0.6 is 23.2 Å². The Balaban J connectivity index is 1.62. The lowest BCUT2D eigenvalue weighted by atomic mass is 10.1. The zero-order valence-electron chi connectivity index (χ0n) is 15.1. The second kappa shape index (κ2) is 7.73. The molecule has 0 saturated heterocycles. The number of ether oxygens (including phenoxy) is 1. The number of imidazole rings is 1. The van der Waals surface area contributed by atoms with Gasteiger partial charge in [0.2, 0.25) is 5.89 Å². The Kier molecular flexibility index (Phi) is 5.12. The number of hydrogen-bond donors (Lipinski definition) is 1. The van der Waals surface area contributed by atoms with Gasteiger partial charge in [0, 0.05) is 41.8 Å². The highest BCUT2D eigenvalue weighted by Gasteiger charge is 2.19. The van der Waals surface area contributed by atoms with Gasteiger partial charge in [0.25, 0.3) is 5.89 Å². The third-order valence-corrected chi connectivity index (χ3v) is 4.58. The number of nitrogens with two attached hydrogens (primary N) is 1. The van der Waals surface area contributed by atoms with Crippen molar-refractivity contribution in [1.29, 1.82) is 0 Å². The van der Waals surface area contributed by atoms with Gasteiger partial charge in [0.15, 0.2) is 17.4 Å². The van der Waals surface area contributed by atoms with E-state index in [0.29, 0.717) is 16.5 Å². The molecule has 0 amide bonds. The standard InChI is InChI=1S/C19H14Cl2FN5O2/c1-27-5-4-24-18(27)19-26-25-15(29-19)6-10-2-3-14(21)17(16(10)22)28-13-8-11(20)7-12(23)9-13/h2-5,7-9H,6,23H2,1H3. The van der Waals surface area contributed by atoms with Crippen LogP contribution in [-0.4, -0.2) is 19.7 Å². The molecule has 0 saturated carbocycles. The van der Waals surface area contributed by atoms with Crippen LogP contribution in [0.3, 0.4) is 0 Å². The molecular weight excluding hydrogens is 420 g/mol. The van der Waals surface area contributed by atoms with Crippen LogP contribution in [-0.2, 0) is 13.5 Å². The lowest BCUT2D eigenvalue weighted by Crippen LogP contribution is -1.98. The molecule has 0 aliphatic rings. The van der Waals surface area contributed by atoms with E-state index in [1.165, 1.54) is 24.3 Å². The van der Waals surface area contributed by atoms with E-state index in [0.717, 1.165) is 0 Å². The Morgan fingerprint density at radius 3 is 2.76 bits per heavy atom. The van der Waals surface area contributed by atoms with Gasteiger partial charge in [-0.05, 0) is 18.2 Å². The monoisotopic (exact) mass is 433 g/mol. The Morgan fingerprint density at radius 2 is 2.03 bits per heavy atom. The molecule has 29 heavy (non-hydrogen) atoms. The smallest absolute Gasteiger partial charge is 0.283 e. The Bertz CT molecular complexity index is 1170. The van der Waals surface area contributed by atoms with Crippen molar-refractivity contribution in [3.05, 3.63) is 70.0 Å². The molecule has 0 aliphatic carbocycles.